The minimum Gasteiger partial charge on any atom is -0.338 e. The zero-order chi connectivity index (χ0) is 12.4. The Bertz CT molecular complexity index is 392. The second-order valence-corrected chi connectivity index (χ2v) is 6.34. The van der Waals surface area contributed by atoms with Crippen LogP contribution in [0.4, 0.5) is 0 Å². The van der Waals surface area contributed by atoms with Gasteiger partial charge in [0.1, 0.15) is 0 Å². The Morgan fingerprint density at radius 2 is 2.11 bits per heavy atom. The van der Waals surface area contributed by atoms with Gasteiger partial charge in [0.05, 0.1) is 4.88 Å². The molecule has 4 heteroatoms. The van der Waals surface area contributed by atoms with Crippen LogP contribution in [0.3, 0.4) is 0 Å². The van der Waals surface area contributed by atoms with Gasteiger partial charge in [-0.3, -0.25) is 4.79 Å². The number of hydrogen-bond donors (Lipinski definition) is 1. The number of hydrogen-bond acceptors (Lipinski definition) is 3. The van der Waals surface area contributed by atoms with Crippen LogP contribution in [0, 0.1) is 5.92 Å². The first kappa shape index (κ1) is 12.2. The number of nitrogens with one attached hydrogen (secondary N) is 1. The van der Waals surface area contributed by atoms with Gasteiger partial charge in [0.2, 0.25) is 0 Å². The van der Waals surface area contributed by atoms with E-state index in [1.165, 1.54) is 19.4 Å². The van der Waals surface area contributed by atoms with Crippen molar-refractivity contribution in [2.45, 2.75) is 31.7 Å². The van der Waals surface area contributed by atoms with Crippen LogP contribution >= 0.6 is 11.3 Å². The summed E-state index contributed by atoms with van der Waals surface area (Å²) in [5.74, 6) is 1.15. The van der Waals surface area contributed by atoms with Gasteiger partial charge in [-0.1, -0.05) is 6.07 Å². The summed E-state index contributed by atoms with van der Waals surface area (Å²) in [6.07, 6.45) is 5.01. The lowest BCUT2D eigenvalue weighted by Crippen LogP contribution is -2.45. The highest BCUT2D eigenvalue weighted by atomic mass is 32.1. The fraction of sp³-hybridized carbons (Fsp3) is 0.643. The minimum absolute atomic E-state index is 0.214. The molecule has 1 aromatic rings. The number of nitrogens with zero attached hydrogens (tertiary/aromatic N) is 1. The summed E-state index contributed by atoms with van der Waals surface area (Å²) in [5, 5.41) is 5.61. The monoisotopic (exact) mass is 264 g/mol. The highest BCUT2D eigenvalue weighted by Crippen LogP contribution is 2.28. The first-order valence-electron chi connectivity index (χ1n) is 6.89. The van der Waals surface area contributed by atoms with Crippen LogP contribution < -0.4 is 5.32 Å². The van der Waals surface area contributed by atoms with E-state index in [0.717, 1.165) is 36.7 Å². The second kappa shape index (κ2) is 5.41. The number of carbonyl (C=O) groups excluding carboxylic acids is 1. The second-order valence-electron chi connectivity index (χ2n) is 5.40. The van der Waals surface area contributed by atoms with E-state index in [2.05, 4.69) is 5.32 Å². The molecule has 1 amide bonds. The molecule has 2 heterocycles. The third-order valence-corrected chi connectivity index (χ3v) is 4.76. The Kier molecular flexibility index (Phi) is 3.66. The first-order valence-corrected chi connectivity index (χ1v) is 7.77. The van der Waals surface area contributed by atoms with Gasteiger partial charge in [-0.05, 0) is 49.6 Å². The van der Waals surface area contributed by atoms with Crippen LogP contribution in [0.2, 0.25) is 0 Å². The van der Waals surface area contributed by atoms with E-state index in [1.807, 2.05) is 22.4 Å². The largest absolute Gasteiger partial charge is 0.338 e. The van der Waals surface area contributed by atoms with Crippen LogP contribution in [-0.2, 0) is 0 Å². The zero-order valence-corrected chi connectivity index (χ0v) is 11.4. The quantitative estimate of drug-likeness (QED) is 0.905. The average Bonchev–Trinajstić information content (AvgIpc) is 3.08. The molecule has 1 saturated carbocycles. The number of thiophene rings is 1. The van der Waals surface area contributed by atoms with Gasteiger partial charge >= 0.3 is 0 Å². The number of piperidine rings is 1. The average molecular weight is 264 g/mol. The molecule has 0 aromatic carbocycles. The molecule has 1 N–H and O–H groups in total. The van der Waals surface area contributed by atoms with Crippen molar-refractivity contribution in [2.24, 2.45) is 5.92 Å². The Labute approximate surface area is 112 Å². The van der Waals surface area contributed by atoms with Crippen molar-refractivity contribution in [1.82, 2.24) is 10.2 Å². The molecular weight excluding hydrogens is 244 g/mol. The van der Waals surface area contributed by atoms with Crippen LogP contribution in [-0.4, -0.2) is 36.5 Å². The molecule has 98 valence electrons. The Hall–Kier alpha value is -0.870. The Morgan fingerprint density at radius 1 is 1.33 bits per heavy atom. The molecule has 0 radical (unpaired) electrons. The summed E-state index contributed by atoms with van der Waals surface area (Å²) in [4.78, 5) is 15.0. The molecule has 0 unspecified atom stereocenters. The van der Waals surface area contributed by atoms with E-state index in [0.29, 0.717) is 6.04 Å². The molecule has 18 heavy (non-hydrogen) atoms. The molecule has 1 aliphatic heterocycles. The summed E-state index contributed by atoms with van der Waals surface area (Å²) >= 11 is 1.54. The lowest BCUT2D eigenvalue weighted by atomic mass is 10.0. The molecule has 2 aliphatic rings. The van der Waals surface area contributed by atoms with E-state index in [1.54, 1.807) is 11.3 Å². The van der Waals surface area contributed by atoms with Crippen molar-refractivity contribution in [3.8, 4) is 0 Å². The normalized spacial score (nSPS) is 21.2. The standard InChI is InChI=1S/C14H20N2OS/c17-14(13-2-1-9-18-13)16-7-5-12(6-8-16)15-10-11-3-4-11/h1-2,9,11-12,15H,3-8,10H2. The molecule has 3 rings (SSSR count). The van der Waals surface area contributed by atoms with E-state index >= 15 is 0 Å². The third-order valence-electron chi connectivity index (χ3n) is 3.91. The van der Waals surface area contributed by atoms with Crippen molar-refractivity contribution < 1.29 is 4.79 Å². The van der Waals surface area contributed by atoms with Crippen molar-refractivity contribution in [3.63, 3.8) is 0 Å². The topological polar surface area (TPSA) is 32.3 Å². The van der Waals surface area contributed by atoms with Gasteiger partial charge in [0, 0.05) is 19.1 Å². The maximum absolute atomic E-state index is 12.2. The maximum Gasteiger partial charge on any atom is 0.263 e. The molecule has 1 saturated heterocycles. The number of likely N-dealkylation sites (tertiary alicyclic amines) is 1. The number of rotatable bonds is 4. The zero-order valence-electron chi connectivity index (χ0n) is 10.6. The summed E-state index contributed by atoms with van der Waals surface area (Å²) in [6, 6.07) is 4.49. The predicted molar refractivity (Wildman–Crippen MR) is 74.0 cm³/mol. The summed E-state index contributed by atoms with van der Waals surface area (Å²) in [6.45, 7) is 2.99. The number of carbonyl (C=O) groups is 1. The van der Waals surface area contributed by atoms with Crippen LogP contribution in [0.25, 0.3) is 0 Å². The molecule has 1 aliphatic carbocycles. The van der Waals surface area contributed by atoms with Gasteiger partial charge in [-0.2, -0.15) is 0 Å². The number of amides is 1. The Balaban J connectivity index is 1.45. The van der Waals surface area contributed by atoms with E-state index in [-0.39, 0.29) is 5.91 Å². The molecule has 2 fully saturated rings. The molecule has 0 bridgehead atoms. The predicted octanol–water partition coefficient (Wildman–Crippen LogP) is 2.35. The van der Waals surface area contributed by atoms with Crippen molar-refractivity contribution in [3.05, 3.63) is 22.4 Å². The van der Waals surface area contributed by atoms with E-state index in [9.17, 15) is 4.79 Å². The fourth-order valence-corrected chi connectivity index (χ4v) is 3.19. The van der Waals surface area contributed by atoms with Crippen molar-refractivity contribution >= 4 is 17.2 Å². The smallest absolute Gasteiger partial charge is 0.263 e. The summed E-state index contributed by atoms with van der Waals surface area (Å²) < 4.78 is 0. The summed E-state index contributed by atoms with van der Waals surface area (Å²) in [7, 11) is 0. The van der Waals surface area contributed by atoms with Crippen LogP contribution in [0.5, 0.6) is 0 Å². The van der Waals surface area contributed by atoms with Gasteiger partial charge < -0.3 is 10.2 Å². The lowest BCUT2D eigenvalue weighted by molar-refractivity contribution is 0.0710. The third kappa shape index (κ3) is 2.93. The van der Waals surface area contributed by atoms with Crippen LogP contribution in [0.15, 0.2) is 17.5 Å². The molecule has 0 atom stereocenters. The van der Waals surface area contributed by atoms with Gasteiger partial charge in [-0.15, -0.1) is 11.3 Å². The lowest BCUT2D eigenvalue weighted by Gasteiger charge is -2.32. The van der Waals surface area contributed by atoms with E-state index < -0.39 is 0 Å². The van der Waals surface area contributed by atoms with E-state index in [4.69, 9.17) is 0 Å². The summed E-state index contributed by atoms with van der Waals surface area (Å²) in [5.41, 5.74) is 0. The minimum atomic E-state index is 0.214. The molecule has 0 spiro atoms. The maximum atomic E-state index is 12.2. The molecule has 1 aromatic heterocycles. The molecular formula is C14H20N2OS. The highest BCUT2D eigenvalue weighted by molar-refractivity contribution is 7.12. The van der Waals surface area contributed by atoms with Crippen LogP contribution in [0.1, 0.15) is 35.4 Å². The van der Waals surface area contributed by atoms with Crippen molar-refractivity contribution in [2.75, 3.05) is 19.6 Å². The van der Waals surface area contributed by atoms with Gasteiger partial charge in [0.25, 0.3) is 5.91 Å². The molecule has 3 nitrogen and oxygen atoms in total. The van der Waals surface area contributed by atoms with Gasteiger partial charge in [0.15, 0.2) is 0 Å². The van der Waals surface area contributed by atoms with Crippen molar-refractivity contribution in [1.29, 1.82) is 0 Å². The fourth-order valence-electron chi connectivity index (χ4n) is 2.50. The van der Waals surface area contributed by atoms with Gasteiger partial charge in [-0.25, -0.2) is 0 Å². The highest BCUT2D eigenvalue weighted by Gasteiger charge is 2.26. The SMILES string of the molecule is O=C(c1cccs1)N1CCC(NCC2CC2)CC1. The first-order chi connectivity index (χ1) is 8.83. The Morgan fingerprint density at radius 3 is 2.72 bits per heavy atom.